The molecular weight excluding hydrogens is 364 g/mol. The topological polar surface area (TPSA) is 96.2 Å². The molecule has 2 aliphatic rings. The van der Waals surface area contributed by atoms with Crippen LogP contribution in [0.1, 0.15) is 46.0 Å². The van der Waals surface area contributed by atoms with E-state index >= 15 is 0 Å². The third kappa shape index (κ3) is 5.36. The van der Waals surface area contributed by atoms with Crippen LogP contribution in [0.15, 0.2) is 30.3 Å². The highest BCUT2D eigenvalue weighted by Gasteiger charge is 2.42. The number of benzene rings is 1. The third-order valence-electron chi connectivity index (χ3n) is 5.70. The Labute approximate surface area is 167 Å². The summed E-state index contributed by atoms with van der Waals surface area (Å²) in [4.78, 5) is 25.1. The number of fused-ring (bicyclic) bond motifs is 2. The zero-order valence-corrected chi connectivity index (χ0v) is 16.9. The number of halogens is 1. The first-order valence-corrected chi connectivity index (χ1v) is 9.56. The third-order valence-corrected chi connectivity index (χ3v) is 5.70. The van der Waals surface area contributed by atoms with Crippen molar-refractivity contribution in [2.24, 2.45) is 17.6 Å². The van der Waals surface area contributed by atoms with E-state index in [1.165, 1.54) is 6.42 Å². The van der Waals surface area contributed by atoms with Gasteiger partial charge < -0.3 is 21.7 Å². The van der Waals surface area contributed by atoms with E-state index in [1.54, 1.807) is 26.0 Å². The summed E-state index contributed by atoms with van der Waals surface area (Å²) in [5.74, 6) is 0.767. The highest BCUT2D eigenvalue weighted by Crippen LogP contribution is 2.39. The number of carbonyl (C=O) groups excluding carboxylic acids is 2. The van der Waals surface area contributed by atoms with Crippen molar-refractivity contribution in [3.8, 4) is 0 Å². The van der Waals surface area contributed by atoms with E-state index in [4.69, 9.17) is 5.73 Å². The van der Waals surface area contributed by atoms with Gasteiger partial charge in [0.05, 0.1) is 0 Å². The smallest absolute Gasteiger partial charge is 0.320 e. The molecule has 0 radical (unpaired) electrons. The van der Waals surface area contributed by atoms with Crippen molar-refractivity contribution in [3.05, 3.63) is 30.3 Å². The molecule has 1 aromatic rings. The number of nitrogens with one attached hydrogen (secondary N) is 3. The predicted molar refractivity (Wildman–Crippen MR) is 110 cm³/mol. The zero-order chi connectivity index (χ0) is 18.7. The molecule has 2 fully saturated rings. The van der Waals surface area contributed by atoms with Crippen molar-refractivity contribution in [2.45, 2.75) is 63.6 Å². The van der Waals surface area contributed by atoms with E-state index < -0.39 is 5.54 Å². The van der Waals surface area contributed by atoms with Crippen LogP contribution >= 0.6 is 12.4 Å². The average molecular weight is 395 g/mol. The Balaban J connectivity index is 0.00000261. The number of rotatable bonds is 4. The molecule has 2 aliphatic carbocycles. The molecule has 5 N–H and O–H groups in total. The molecule has 0 spiro atoms. The van der Waals surface area contributed by atoms with Crippen LogP contribution in [-0.2, 0) is 4.79 Å². The van der Waals surface area contributed by atoms with Crippen molar-refractivity contribution in [1.82, 2.24) is 10.6 Å². The van der Waals surface area contributed by atoms with Crippen molar-refractivity contribution < 1.29 is 9.59 Å². The number of nitrogens with two attached hydrogens (primary N) is 1. The minimum atomic E-state index is -0.993. The van der Waals surface area contributed by atoms with Crippen molar-refractivity contribution in [2.75, 3.05) is 5.32 Å². The molecule has 2 atom stereocenters. The molecule has 0 aliphatic heterocycles. The minimum Gasteiger partial charge on any atom is -0.351 e. The normalized spacial score (nSPS) is 27.1. The quantitative estimate of drug-likeness (QED) is 0.632. The van der Waals surface area contributed by atoms with Gasteiger partial charge in [0.2, 0.25) is 5.91 Å². The largest absolute Gasteiger partial charge is 0.351 e. The molecule has 150 valence electrons. The molecule has 0 aromatic heterocycles. The van der Waals surface area contributed by atoms with Crippen LogP contribution in [0.3, 0.4) is 0 Å². The number of para-hydroxylation sites is 1. The monoisotopic (exact) mass is 394 g/mol. The molecule has 6 nitrogen and oxygen atoms in total. The van der Waals surface area contributed by atoms with Crippen LogP contribution in [0.4, 0.5) is 10.5 Å². The summed E-state index contributed by atoms with van der Waals surface area (Å²) in [5.41, 5.74) is 5.86. The van der Waals surface area contributed by atoms with E-state index in [0.29, 0.717) is 17.5 Å². The maximum absolute atomic E-state index is 12.8. The Kier molecular flexibility index (Phi) is 7.12. The summed E-state index contributed by atoms with van der Waals surface area (Å²) in [6, 6.07) is 9.23. The fourth-order valence-corrected chi connectivity index (χ4v) is 4.38. The van der Waals surface area contributed by atoms with Gasteiger partial charge in [-0.2, -0.15) is 0 Å². The summed E-state index contributed by atoms with van der Waals surface area (Å²) >= 11 is 0. The van der Waals surface area contributed by atoms with Crippen LogP contribution in [0, 0.1) is 11.8 Å². The van der Waals surface area contributed by atoms with E-state index in [2.05, 4.69) is 16.0 Å². The van der Waals surface area contributed by atoms with E-state index in [0.717, 1.165) is 25.7 Å². The Bertz CT molecular complexity index is 639. The maximum Gasteiger partial charge on any atom is 0.320 e. The Hall–Kier alpha value is -1.79. The van der Waals surface area contributed by atoms with Crippen LogP contribution < -0.4 is 21.7 Å². The molecule has 0 saturated heterocycles. The van der Waals surface area contributed by atoms with Gasteiger partial charge in [-0.05, 0) is 63.5 Å². The summed E-state index contributed by atoms with van der Waals surface area (Å²) in [5, 5.41) is 8.75. The highest BCUT2D eigenvalue weighted by atomic mass is 35.5. The molecule has 27 heavy (non-hydrogen) atoms. The van der Waals surface area contributed by atoms with Crippen LogP contribution in [0.2, 0.25) is 0 Å². The second-order valence-electron chi connectivity index (χ2n) is 8.25. The van der Waals surface area contributed by atoms with Gasteiger partial charge in [0.1, 0.15) is 5.54 Å². The average Bonchev–Trinajstić information content (AvgIpc) is 2.56. The number of carbonyl (C=O) groups is 2. The first-order valence-electron chi connectivity index (χ1n) is 9.56. The van der Waals surface area contributed by atoms with Gasteiger partial charge in [-0.15, -0.1) is 12.4 Å². The van der Waals surface area contributed by atoms with Crippen molar-refractivity contribution in [1.29, 1.82) is 0 Å². The van der Waals surface area contributed by atoms with E-state index in [1.807, 2.05) is 18.2 Å². The standard InChI is InChI=1S/C20H30N4O2.ClH/c1-20(2,24-19(26)22-16-9-4-3-5-10-16)18(25)23-17-13-7-6-8-14(17)12-15(21)11-13;/h3-5,9-10,13-15,17H,6-8,11-12,21H2,1-2H3,(H,23,25)(H2,22,24,26);1H. The zero-order valence-electron chi connectivity index (χ0n) is 16.0. The Morgan fingerprint density at radius 2 is 1.67 bits per heavy atom. The van der Waals surface area contributed by atoms with Gasteiger partial charge in [-0.3, -0.25) is 4.79 Å². The summed E-state index contributed by atoms with van der Waals surface area (Å²) in [6.07, 6.45) is 5.41. The molecule has 1 aromatic carbocycles. The molecule has 0 heterocycles. The second kappa shape index (κ2) is 8.93. The Morgan fingerprint density at radius 3 is 2.26 bits per heavy atom. The van der Waals surface area contributed by atoms with Crippen LogP contribution in [-0.4, -0.2) is 29.6 Å². The lowest BCUT2D eigenvalue weighted by Gasteiger charge is -2.46. The summed E-state index contributed by atoms with van der Waals surface area (Å²) in [7, 11) is 0. The maximum atomic E-state index is 12.8. The SMILES string of the molecule is CC(C)(NC(=O)Nc1ccccc1)C(=O)NC1C2CCCC1CC(N)C2.Cl. The molecular formula is C20H31ClN4O2. The van der Waals surface area contributed by atoms with E-state index in [-0.39, 0.29) is 36.4 Å². The lowest BCUT2D eigenvalue weighted by Crippen LogP contribution is -2.61. The van der Waals surface area contributed by atoms with Gasteiger partial charge in [0, 0.05) is 17.8 Å². The van der Waals surface area contributed by atoms with Gasteiger partial charge in [-0.1, -0.05) is 24.6 Å². The van der Waals surface area contributed by atoms with Crippen molar-refractivity contribution in [3.63, 3.8) is 0 Å². The number of amides is 3. The summed E-state index contributed by atoms with van der Waals surface area (Å²) < 4.78 is 0. The number of urea groups is 1. The van der Waals surface area contributed by atoms with Crippen molar-refractivity contribution >= 4 is 30.0 Å². The Morgan fingerprint density at radius 1 is 1.07 bits per heavy atom. The molecule has 2 bridgehead atoms. The first-order chi connectivity index (χ1) is 12.3. The second-order valence-corrected chi connectivity index (χ2v) is 8.25. The lowest BCUT2D eigenvalue weighted by atomic mass is 9.67. The predicted octanol–water partition coefficient (Wildman–Crippen LogP) is 3.03. The van der Waals surface area contributed by atoms with Gasteiger partial charge in [-0.25, -0.2) is 4.79 Å². The van der Waals surface area contributed by atoms with Gasteiger partial charge >= 0.3 is 6.03 Å². The van der Waals surface area contributed by atoms with E-state index in [9.17, 15) is 9.59 Å². The van der Waals surface area contributed by atoms with Gasteiger partial charge in [0.15, 0.2) is 0 Å². The lowest BCUT2D eigenvalue weighted by molar-refractivity contribution is -0.128. The minimum absolute atomic E-state index is 0. The molecule has 7 heteroatoms. The molecule has 2 saturated carbocycles. The molecule has 3 rings (SSSR count). The van der Waals surface area contributed by atoms with Gasteiger partial charge in [0.25, 0.3) is 0 Å². The molecule has 2 unspecified atom stereocenters. The van der Waals surface area contributed by atoms with Crippen LogP contribution in [0.5, 0.6) is 0 Å². The number of hydrogen-bond donors (Lipinski definition) is 4. The molecule has 3 amide bonds. The number of anilines is 1. The first kappa shape index (κ1) is 21.5. The fourth-order valence-electron chi connectivity index (χ4n) is 4.38. The number of hydrogen-bond acceptors (Lipinski definition) is 3. The highest BCUT2D eigenvalue weighted by molar-refractivity contribution is 5.95. The summed E-state index contributed by atoms with van der Waals surface area (Å²) in [6.45, 7) is 3.47. The fraction of sp³-hybridized carbons (Fsp3) is 0.600. The van der Waals surface area contributed by atoms with Crippen LogP contribution in [0.25, 0.3) is 0 Å².